The summed E-state index contributed by atoms with van der Waals surface area (Å²) in [6, 6.07) is 14.8. The molecule has 1 fully saturated rings. The number of thiocarbonyl (C=S) groups is 1. The van der Waals surface area contributed by atoms with Gasteiger partial charge < -0.3 is 0 Å². The molecular weight excluding hydrogens is 433 g/mol. The third-order valence-corrected chi connectivity index (χ3v) is 6.21. The van der Waals surface area contributed by atoms with Crippen LogP contribution >= 0.6 is 47.2 Å². The lowest BCUT2D eigenvalue weighted by Crippen LogP contribution is -2.22. The minimum Gasteiger partial charge on any atom is -0.296 e. The number of thioether (sulfide) groups is 1. The maximum atomic E-state index is 12.4. The van der Waals surface area contributed by atoms with Crippen LogP contribution < -0.4 is 0 Å². The fourth-order valence-corrected chi connectivity index (χ4v) is 4.16. The monoisotopic (exact) mass is 445 g/mol. The molecule has 0 atom stereocenters. The number of carbonyl (C=O) groups is 1. The lowest BCUT2D eigenvalue weighted by atomic mass is 10.1. The molecular formula is C20H13Cl2N3OS2. The van der Waals surface area contributed by atoms with Gasteiger partial charge in [-0.2, -0.15) is 5.10 Å². The zero-order valence-electron chi connectivity index (χ0n) is 14.6. The molecule has 8 heteroatoms. The molecule has 0 saturated carbocycles. The number of rotatable bonds is 3. The molecule has 0 radical (unpaired) electrons. The topological polar surface area (TPSA) is 38.1 Å². The van der Waals surface area contributed by atoms with Crippen LogP contribution in [0.2, 0.25) is 10.0 Å². The van der Waals surface area contributed by atoms with E-state index in [-0.39, 0.29) is 5.91 Å². The molecule has 1 aliphatic heterocycles. The van der Waals surface area contributed by atoms with Gasteiger partial charge in [-0.15, -0.1) is 0 Å². The number of aromatic nitrogens is 2. The first-order valence-electron chi connectivity index (χ1n) is 8.25. The predicted octanol–water partition coefficient (Wildman–Crippen LogP) is 5.68. The van der Waals surface area contributed by atoms with E-state index < -0.39 is 0 Å². The van der Waals surface area contributed by atoms with E-state index in [1.54, 1.807) is 11.7 Å². The first-order chi connectivity index (χ1) is 13.4. The van der Waals surface area contributed by atoms with Crippen LogP contribution in [0.15, 0.2) is 59.6 Å². The molecule has 28 heavy (non-hydrogen) atoms. The molecule has 1 saturated heterocycles. The van der Waals surface area contributed by atoms with Gasteiger partial charge in [0.05, 0.1) is 16.3 Å². The Morgan fingerprint density at radius 3 is 2.21 bits per heavy atom. The summed E-state index contributed by atoms with van der Waals surface area (Å²) in [5, 5.41) is 6.03. The summed E-state index contributed by atoms with van der Waals surface area (Å²) in [5.74, 6) is -0.115. The minimum atomic E-state index is -0.115. The van der Waals surface area contributed by atoms with Crippen molar-refractivity contribution in [2.75, 3.05) is 7.05 Å². The second-order valence-electron chi connectivity index (χ2n) is 6.10. The van der Waals surface area contributed by atoms with Crippen LogP contribution in [0.5, 0.6) is 0 Å². The van der Waals surface area contributed by atoms with Crippen molar-refractivity contribution in [2.24, 2.45) is 0 Å². The van der Waals surface area contributed by atoms with Gasteiger partial charge in [-0.25, -0.2) is 4.68 Å². The van der Waals surface area contributed by atoms with E-state index in [0.29, 0.717) is 19.3 Å². The van der Waals surface area contributed by atoms with Gasteiger partial charge in [0, 0.05) is 34.4 Å². The molecule has 0 N–H and O–H groups in total. The molecule has 2 aromatic carbocycles. The molecule has 1 aliphatic rings. The van der Waals surface area contributed by atoms with E-state index >= 15 is 0 Å². The van der Waals surface area contributed by atoms with Gasteiger partial charge in [0.15, 0.2) is 0 Å². The number of carbonyl (C=O) groups excluding carboxylic acids is 1. The Labute approximate surface area is 181 Å². The highest BCUT2D eigenvalue weighted by Crippen LogP contribution is 2.34. The van der Waals surface area contributed by atoms with Crippen LogP contribution in [0, 0.1) is 0 Å². The molecule has 0 spiro atoms. The van der Waals surface area contributed by atoms with Crippen LogP contribution in [-0.4, -0.2) is 32.0 Å². The molecule has 4 rings (SSSR count). The van der Waals surface area contributed by atoms with E-state index in [1.165, 1.54) is 16.7 Å². The third kappa shape index (κ3) is 3.73. The van der Waals surface area contributed by atoms with Gasteiger partial charge >= 0.3 is 0 Å². The molecule has 2 heterocycles. The number of benzene rings is 2. The van der Waals surface area contributed by atoms with Crippen LogP contribution in [0.4, 0.5) is 0 Å². The van der Waals surface area contributed by atoms with Crippen molar-refractivity contribution in [1.82, 2.24) is 14.7 Å². The second-order valence-corrected chi connectivity index (χ2v) is 8.65. The third-order valence-electron chi connectivity index (χ3n) is 4.22. The maximum absolute atomic E-state index is 12.4. The summed E-state index contributed by atoms with van der Waals surface area (Å²) in [4.78, 5) is 14.5. The molecule has 0 bridgehead atoms. The Morgan fingerprint density at radius 2 is 1.64 bits per heavy atom. The van der Waals surface area contributed by atoms with E-state index in [4.69, 9.17) is 40.5 Å². The summed E-state index contributed by atoms with van der Waals surface area (Å²) in [6.45, 7) is 0. The van der Waals surface area contributed by atoms with Crippen molar-refractivity contribution >= 4 is 63.5 Å². The maximum Gasteiger partial charge on any atom is 0.265 e. The number of likely N-dealkylation sites (N-methyl/N-ethyl adjacent to an activating group) is 1. The van der Waals surface area contributed by atoms with Gasteiger partial charge in [-0.3, -0.25) is 9.69 Å². The minimum absolute atomic E-state index is 0.115. The normalized spacial score (nSPS) is 15.7. The first kappa shape index (κ1) is 19.2. The van der Waals surface area contributed by atoms with Crippen molar-refractivity contribution in [2.45, 2.75) is 0 Å². The average Bonchev–Trinajstić information content (AvgIpc) is 3.20. The van der Waals surface area contributed by atoms with E-state index in [2.05, 4.69) is 0 Å². The van der Waals surface area contributed by atoms with Crippen molar-refractivity contribution in [3.05, 3.63) is 75.2 Å². The molecule has 3 aromatic rings. The van der Waals surface area contributed by atoms with Crippen molar-refractivity contribution < 1.29 is 4.79 Å². The first-order valence-corrected chi connectivity index (χ1v) is 10.2. The van der Waals surface area contributed by atoms with Crippen molar-refractivity contribution in [3.63, 3.8) is 0 Å². The summed E-state index contributed by atoms with van der Waals surface area (Å²) < 4.78 is 2.30. The summed E-state index contributed by atoms with van der Waals surface area (Å²) >= 11 is 18.5. The lowest BCUT2D eigenvalue weighted by Gasteiger charge is -2.03. The molecule has 0 aliphatic carbocycles. The SMILES string of the molecule is CN1C(=O)/C(=C/c2cn(-c3ccc(Cl)cc3)nc2-c2ccc(Cl)cc2)SC1=S. The Hall–Kier alpha value is -2.12. The zero-order chi connectivity index (χ0) is 19.8. The molecule has 0 unspecified atom stereocenters. The quantitative estimate of drug-likeness (QED) is 0.384. The van der Waals surface area contributed by atoms with Crippen LogP contribution in [-0.2, 0) is 4.79 Å². The summed E-state index contributed by atoms with van der Waals surface area (Å²) in [5.41, 5.74) is 3.32. The molecule has 140 valence electrons. The number of hydrogen-bond donors (Lipinski definition) is 0. The van der Waals surface area contributed by atoms with E-state index in [0.717, 1.165) is 22.5 Å². The Kier molecular flexibility index (Phi) is 5.29. The predicted molar refractivity (Wildman–Crippen MR) is 120 cm³/mol. The van der Waals surface area contributed by atoms with E-state index in [9.17, 15) is 4.79 Å². The van der Waals surface area contributed by atoms with Gasteiger partial charge in [-0.1, -0.05) is 59.3 Å². The Bertz CT molecular complexity index is 1110. The summed E-state index contributed by atoms with van der Waals surface area (Å²) in [6.07, 6.45) is 3.71. The lowest BCUT2D eigenvalue weighted by molar-refractivity contribution is -0.121. The van der Waals surface area contributed by atoms with Gasteiger partial charge in [-0.05, 0) is 42.5 Å². The number of nitrogens with zero attached hydrogens (tertiary/aromatic N) is 3. The smallest absolute Gasteiger partial charge is 0.265 e. The standard InChI is InChI=1S/C20H13Cl2N3OS2/c1-24-19(26)17(28-20(24)27)10-13-11-25(16-8-6-15(22)7-9-16)23-18(13)12-2-4-14(21)5-3-12/h2-11H,1H3/b17-10-. The van der Waals surface area contributed by atoms with Crippen LogP contribution in [0.3, 0.4) is 0 Å². The fraction of sp³-hybridized carbons (Fsp3) is 0.0500. The highest BCUT2D eigenvalue weighted by atomic mass is 35.5. The number of halogens is 2. The molecule has 1 amide bonds. The zero-order valence-corrected chi connectivity index (χ0v) is 17.7. The highest BCUT2D eigenvalue weighted by Gasteiger charge is 2.29. The Balaban J connectivity index is 1.83. The van der Waals surface area contributed by atoms with Crippen molar-refractivity contribution in [3.8, 4) is 16.9 Å². The van der Waals surface area contributed by atoms with Gasteiger partial charge in [0.2, 0.25) is 0 Å². The highest BCUT2D eigenvalue weighted by molar-refractivity contribution is 8.26. The fourth-order valence-electron chi connectivity index (χ4n) is 2.74. The average molecular weight is 446 g/mol. The van der Waals surface area contributed by atoms with Crippen LogP contribution in [0.25, 0.3) is 23.0 Å². The van der Waals surface area contributed by atoms with Gasteiger partial charge in [0.1, 0.15) is 4.32 Å². The molecule has 4 nitrogen and oxygen atoms in total. The largest absolute Gasteiger partial charge is 0.296 e. The van der Waals surface area contributed by atoms with Gasteiger partial charge in [0.25, 0.3) is 5.91 Å². The van der Waals surface area contributed by atoms with Crippen LogP contribution in [0.1, 0.15) is 5.56 Å². The molecule has 1 aromatic heterocycles. The Morgan fingerprint density at radius 1 is 1.04 bits per heavy atom. The number of hydrogen-bond acceptors (Lipinski definition) is 4. The second kappa shape index (κ2) is 7.72. The number of amides is 1. The van der Waals surface area contributed by atoms with Crippen molar-refractivity contribution in [1.29, 1.82) is 0 Å². The van der Waals surface area contributed by atoms with E-state index in [1.807, 2.05) is 60.8 Å². The summed E-state index contributed by atoms with van der Waals surface area (Å²) in [7, 11) is 1.68.